The van der Waals surface area contributed by atoms with E-state index in [1.165, 1.54) is 0 Å². The fraction of sp³-hybridized carbons (Fsp3) is 0.667. The summed E-state index contributed by atoms with van der Waals surface area (Å²) in [6.45, 7) is 10.7. The first-order valence-electron chi connectivity index (χ1n) is 15.5. The van der Waals surface area contributed by atoms with Crippen LogP contribution in [-0.2, 0) is 35.0 Å². The van der Waals surface area contributed by atoms with E-state index < -0.39 is 65.9 Å². The van der Waals surface area contributed by atoms with Gasteiger partial charge in [0, 0.05) is 12.8 Å². The lowest BCUT2D eigenvalue weighted by molar-refractivity contribution is -0.382. The number of carboxylic acid groups (broad SMARTS) is 2. The zero-order chi connectivity index (χ0) is 33.7. The van der Waals surface area contributed by atoms with Crippen LogP contribution in [0.5, 0.6) is 0 Å². The van der Waals surface area contributed by atoms with E-state index in [9.17, 15) is 45.0 Å². The van der Waals surface area contributed by atoms with E-state index in [4.69, 9.17) is 14.2 Å². The quantitative estimate of drug-likeness (QED) is 0.108. The molecule has 3 rings (SSSR count). The Labute approximate surface area is 263 Å². The van der Waals surface area contributed by atoms with Gasteiger partial charge in [-0.2, -0.15) is 0 Å². The Balaban J connectivity index is 1.88. The molecule has 1 aromatic carbocycles. The van der Waals surface area contributed by atoms with Gasteiger partial charge in [0.15, 0.2) is 6.10 Å². The van der Waals surface area contributed by atoms with E-state index in [1.54, 1.807) is 0 Å². The first kappa shape index (κ1) is 36.6. The summed E-state index contributed by atoms with van der Waals surface area (Å²) in [5.74, 6) is -7.16. The van der Waals surface area contributed by atoms with E-state index in [2.05, 4.69) is 20.4 Å². The number of carbonyl (C=O) groups excluding carboxylic acids is 1. The Kier molecular flexibility index (Phi) is 12.0. The zero-order valence-electron chi connectivity index (χ0n) is 26.4. The molecule has 45 heavy (non-hydrogen) atoms. The number of hydrogen-bond acceptors (Lipinski definition) is 10. The van der Waals surface area contributed by atoms with Gasteiger partial charge in [0.2, 0.25) is 17.0 Å². The largest absolute Gasteiger partial charge is 0.479 e. The van der Waals surface area contributed by atoms with Crippen LogP contribution in [0, 0.1) is 17.8 Å². The number of carboxylic acids is 2. The number of hydrogen-bond donors (Lipinski definition) is 6. The van der Waals surface area contributed by atoms with Gasteiger partial charge in [-0.1, -0.05) is 71.0 Å². The minimum atomic E-state index is -3.47. The first-order valence-corrected chi connectivity index (χ1v) is 15.5. The summed E-state index contributed by atoms with van der Waals surface area (Å²) >= 11 is 0. The third-order valence-electron chi connectivity index (χ3n) is 9.41. The standard InChI is InChI=1S/C33H48O12/c1-6-19(2)16-20(3)12-13-25(35)43-28-27(37)31(15-14-21(4)26(36)22(5)17-23-10-8-7-9-11-23)44-24(18-34)32(42,29(38)39)33(28,45-31)30(40)41/h7-11,19-20,22,24,26-28,34,36-37,42H,4,6,12-18H2,1-3,5H3,(H,38,39)(H,40,41)/t19-,20+,22+,24+,26+,27+,28+,31-,32+,33-/m0/s1. The van der Waals surface area contributed by atoms with E-state index in [0.717, 1.165) is 18.4 Å². The third kappa shape index (κ3) is 7.11. The predicted molar refractivity (Wildman–Crippen MR) is 161 cm³/mol. The van der Waals surface area contributed by atoms with Crippen molar-refractivity contribution < 1.29 is 59.2 Å². The lowest BCUT2D eigenvalue weighted by Gasteiger charge is -2.49. The van der Waals surface area contributed by atoms with Crippen molar-refractivity contribution in [2.75, 3.05) is 6.61 Å². The summed E-state index contributed by atoms with van der Waals surface area (Å²) in [7, 11) is 0. The molecule has 2 bridgehead atoms. The molecule has 0 aromatic heterocycles. The third-order valence-corrected chi connectivity index (χ3v) is 9.41. The van der Waals surface area contributed by atoms with Crippen LogP contribution in [0.3, 0.4) is 0 Å². The highest BCUT2D eigenvalue weighted by atomic mass is 16.8. The van der Waals surface area contributed by atoms with Gasteiger partial charge in [-0.25, -0.2) is 9.59 Å². The first-order chi connectivity index (χ1) is 21.1. The Hall–Kier alpha value is -2.87. The summed E-state index contributed by atoms with van der Waals surface area (Å²) in [6, 6.07) is 9.47. The molecule has 2 aliphatic rings. The molecule has 12 heteroatoms. The molecule has 2 aliphatic heterocycles. The maximum atomic E-state index is 13.0. The van der Waals surface area contributed by atoms with Gasteiger partial charge in [0.1, 0.15) is 12.2 Å². The Morgan fingerprint density at radius 3 is 2.24 bits per heavy atom. The second-order valence-electron chi connectivity index (χ2n) is 12.8. The summed E-state index contributed by atoms with van der Waals surface area (Å²) in [5, 5.41) is 64.4. The van der Waals surface area contributed by atoms with Crippen molar-refractivity contribution in [3.8, 4) is 0 Å². The summed E-state index contributed by atoms with van der Waals surface area (Å²) < 4.78 is 16.9. The Morgan fingerprint density at radius 1 is 1.04 bits per heavy atom. The van der Waals surface area contributed by atoms with Gasteiger partial charge in [-0.05, 0) is 54.6 Å². The molecular weight excluding hydrogens is 588 g/mol. The fourth-order valence-electron chi connectivity index (χ4n) is 6.52. The lowest BCUT2D eigenvalue weighted by atomic mass is 9.74. The second-order valence-corrected chi connectivity index (χ2v) is 12.8. The normalized spacial score (nSPS) is 31.9. The average molecular weight is 637 g/mol. The summed E-state index contributed by atoms with van der Waals surface area (Å²) in [6.07, 6.45) is -5.36. The van der Waals surface area contributed by atoms with E-state index in [-0.39, 0.29) is 31.1 Å². The molecule has 12 nitrogen and oxygen atoms in total. The molecule has 0 saturated carbocycles. The van der Waals surface area contributed by atoms with Crippen molar-refractivity contribution >= 4 is 17.9 Å². The fourth-order valence-corrected chi connectivity index (χ4v) is 6.52. The molecule has 252 valence electrons. The van der Waals surface area contributed by atoms with Gasteiger partial charge < -0.3 is 44.8 Å². The Morgan fingerprint density at radius 2 is 1.69 bits per heavy atom. The molecule has 1 aromatic rings. The predicted octanol–water partition coefficient (Wildman–Crippen LogP) is 2.44. The molecule has 6 N–H and O–H groups in total. The van der Waals surface area contributed by atoms with Gasteiger partial charge in [0.25, 0.3) is 0 Å². The van der Waals surface area contributed by atoms with Gasteiger partial charge in [-0.3, -0.25) is 4.79 Å². The number of aliphatic carboxylic acids is 2. The number of benzene rings is 1. The van der Waals surface area contributed by atoms with Crippen molar-refractivity contribution in [1.82, 2.24) is 0 Å². The number of aliphatic hydroxyl groups excluding tert-OH is 3. The number of esters is 1. The SMILES string of the molecule is C=C(CC[C@]12O[C@H](CO)[C@@](O)(C(=O)O)[C@](C(=O)O)(O1)[C@H](OC(=O)CC[C@@H](C)C[C@@H](C)CC)[C@H]2O)[C@@H](O)[C@H](C)Cc1ccccc1. The second kappa shape index (κ2) is 14.7. The number of aliphatic hydroxyl groups is 4. The molecule has 2 heterocycles. The molecule has 0 unspecified atom stereocenters. The molecular formula is C33H48O12. The van der Waals surface area contributed by atoms with E-state index in [0.29, 0.717) is 24.3 Å². The van der Waals surface area contributed by atoms with Gasteiger partial charge in [0.05, 0.1) is 12.7 Å². The molecule has 10 atom stereocenters. The van der Waals surface area contributed by atoms with Gasteiger partial charge in [-0.15, -0.1) is 0 Å². The smallest absolute Gasteiger partial charge is 0.344 e. The lowest BCUT2D eigenvalue weighted by Crippen LogP contribution is -2.77. The number of rotatable bonds is 17. The maximum absolute atomic E-state index is 13.0. The van der Waals surface area contributed by atoms with Crippen LogP contribution >= 0.6 is 0 Å². The molecule has 2 fully saturated rings. The van der Waals surface area contributed by atoms with Crippen molar-refractivity contribution in [2.45, 2.75) is 114 Å². The minimum Gasteiger partial charge on any atom is -0.479 e. The summed E-state index contributed by atoms with van der Waals surface area (Å²) in [5.41, 5.74) is -5.43. The molecule has 0 amide bonds. The van der Waals surface area contributed by atoms with Crippen molar-refractivity contribution in [3.63, 3.8) is 0 Å². The van der Waals surface area contributed by atoms with Crippen molar-refractivity contribution in [3.05, 3.63) is 48.0 Å². The monoisotopic (exact) mass is 636 g/mol. The van der Waals surface area contributed by atoms with Crippen molar-refractivity contribution in [1.29, 1.82) is 0 Å². The molecule has 2 saturated heterocycles. The average Bonchev–Trinajstić information content (AvgIpc) is 3.22. The number of ether oxygens (including phenoxy) is 3. The number of carbonyl (C=O) groups is 3. The zero-order valence-corrected chi connectivity index (χ0v) is 26.4. The maximum Gasteiger partial charge on any atom is 0.344 e. The van der Waals surface area contributed by atoms with Crippen LogP contribution in [-0.4, -0.2) is 96.6 Å². The Bertz CT molecular complexity index is 1210. The summed E-state index contributed by atoms with van der Waals surface area (Å²) in [4.78, 5) is 38.4. The van der Waals surface area contributed by atoms with E-state index >= 15 is 0 Å². The molecule has 0 aliphatic carbocycles. The van der Waals surface area contributed by atoms with Crippen LogP contribution in [0.2, 0.25) is 0 Å². The topological polar surface area (TPSA) is 200 Å². The van der Waals surface area contributed by atoms with Crippen LogP contribution in [0.25, 0.3) is 0 Å². The van der Waals surface area contributed by atoms with E-state index in [1.807, 2.05) is 44.2 Å². The minimum absolute atomic E-state index is 0.0928. The van der Waals surface area contributed by atoms with Crippen LogP contribution in [0.15, 0.2) is 42.5 Å². The molecule has 0 radical (unpaired) electrons. The number of fused-ring (bicyclic) bond motifs is 2. The van der Waals surface area contributed by atoms with Crippen LogP contribution in [0.4, 0.5) is 0 Å². The highest BCUT2D eigenvalue weighted by Gasteiger charge is 2.84. The van der Waals surface area contributed by atoms with Crippen molar-refractivity contribution in [2.24, 2.45) is 17.8 Å². The van der Waals surface area contributed by atoms with Crippen LogP contribution in [0.1, 0.15) is 71.8 Å². The molecule has 0 spiro atoms. The highest BCUT2D eigenvalue weighted by Crippen LogP contribution is 2.55. The van der Waals surface area contributed by atoms with Crippen LogP contribution < -0.4 is 0 Å². The highest BCUT2D eigenvalue weighted by molar-refractivity contribution is 5.93. The van der Waals surface area contributed by atoms with Gasteiger partial charge >= 0.3 is 17.9 Å².